The zero-order valence-corrected chi connectivity index (χ0v) is 15.6. The first kappa shape index (κ1) is 16.8. The van der Waals surface area contributed by atoms with E-state index in [9.17, 15) is 0 Å². The summed E-state index contributed by atoms with van der Waals surface area (Å²) in [4.78, 5) is 11.9. The second-order valence-electron chi connectivity index (χ2n) is 6.75. The molecule has 0 saturated carbocycles. The van der Waals surface area contributed by atoms with Gasteiger partial charge in [-0.2, -0.15) is 0 Å². The third-order valence-electron chi connectivity index (χ3n) is 4.79. The highest BCUT2D eigenvalue weighted by molar-refractivity contribution is 5.88. The molecule has 0 bridgehead atoms. The van der Waals surface area contributed by atoms with Gasteiger partial charge in [-0.15, -0.1) is 0 Å². The number of aromatic nitrogens is 3. The maximum absolute atomic E-state index is 6.09. The van der Waals surface area contributed by atoms with E-state index in [1.54, 1.807) is 7.11 Å². The van der Waals surface area contributed by atoms with E-state index in [1.807, 2.05) is 36.5 Å². The van der Waals surface area contributed by atoms with Crippen LogP contribution in [-0.2, 0) is 4.74 Å². The largest absolute Gasteiger partial charge is 0.493 e. The van der Waals surface area contributed by atoms with Crippen LogP contribution < -0.4 is 14.2 Å². The van der Waals surface area contributed by atoms with Crippen molar-refractivity contribution in [3.8, 4) is 23.1 Å². The number of epoxide rings is 1. The van der Waals surface area contributed by atoms with Gasteiger partial charge in [0, 0.05) is 23.2 Å². The Balaban J connectivity index is 1.51. The lowest BCUT2D eigenvalue weighted by molar-refractivity contribution is 0.252. The fourth-order valence-corrected chi connectivity index (χ4v) is 3.16. The average molecular weight is 377 g/mol. The lowest BCUT2D eigenvalue weighted by Gasteiger charge is -2.13. The van der Waals surface area contributed by atoms with Gasteiger partial charge in [-0.3, -0.25) is 0 Å². The lowest BCUT2D eigenvalue weighted by atomic mass is 10.2. The van der Waals surface area contributed by atoms with Crippen molar-refractivity contribution in [3.05, 3.63) is 48.4 Å². The highest BCUT2D eigenvalue weighted by Gasteiger charge is 2.24. The summed E-state index contributed by atoms with van der Waals surface area (Å²) < 4.78 is 22.6. The Kier molecular flexibility index (Phi) is 4.02. The van der Waals surface area contributed by atoms with Crippen molar-refractivity contribution in [1.82, 2.24) is 15.0 Å². The summed E-state index contributed by atoms with van der Waals surface area (Å²) in [6, 6.07) is 9.59. The Bertz CT molecular complexity index is 1170. The van der Waals surface area contributed by atoms with Crippen molar-refractivity contribution >= 4 is 21.8 Å². The van der Waals surface area contributed by atoms with Crippen LogP contribution in [0.5, 0.6) is 23.1 Å². The van der Waals surface area contributed by atoms with Gasteiger partial charge in [-0.25, -0.2) is 9.97 Å². The molecule has 7 heteroatoms. The molecule has 5 rings (SSSR count). The second-order valence-corrected chi connectivity index (χ2v) is 6.75. The third-order valence-corrected chi connectivity index (χ3v) is 4.79. The SMILES string of the molecule is COc1cc2c(Oc3ccc4[nH]cc(C)c4c3)ncnc2cc1OCC1CO1. The Morgan fingerprint density at radius 3 is 2.86 bits per heavy atom. The number of aryl methyl sites for hydroxylation is 1. The lowest BCUT2D eigenvalue weighted by Crippen LogP contribution is -2.05. The summed E-state index contributed by atoms with van der Waals surface area (Å²) in [6.07, 6.45) is 3.63. The highest BCUT2D eigenvalue weighted by atomic mass is 16.6. The normalized spacial score (nSPS) is 15.7. The van der Waals surface area contributed by atoms with E-state index in [4.69, 9.17) is 18.9 Å². The first-order valence-electron chi connectivity index (χ1n) is 9.04. The number of fused-ring (bicyclic) bond motifs is 2. The van der Waals surface area contributed by atoms with Gasteiger partial charge in [0.25, 0.3) is 0 Å². The maximum atomic E-state index is 6.09. The minimum Gasteiger partial charge on any atom is -0.493 e. The molecule has 0 radical (unpaired) electrons. The molecule has 1 N–H and O–H groups in total. The average Bonchev–Trinajstić information content (AvgIpc) is 3.48. The zero-order chi connectivity index (χ0) is 19.1. The number of nitrogens with one attached hydrogen (secondary N) is 1. The molecule has 1 fully saturated rings. The first-order valence-corrected chi connectivity index (χ1v) is 9.04. The van der Waals surface area contributed by atoms with Crippen molar-refractivity contribution in [1.29, 1.82) is 0 Å². The van der Waals surface area contributed by atoms with Gasteiger partial charge in [0.05, 0.1) is 24.6 Å². The van der Waals surface area contributed by atoms with Crippen molar-refractivity contribution in [2.45, 2.75) is 13.0 Å². The van der Waals surface area contributed by atoms with Crippen LogP contribution in [0.1, 0.15) is 5.56 Å². The van der Waals surface area contributed by atoms with Gasteiger partial charge < -0.3 is 23.9 Å². The monoisotopic (exact) mass is 377 g/mol. The van der Waals surface area contributed by atoms with Crippen LogP contribution in [0.3, 0.4) is 0 Å². The van der Waals surface area contributed by atoms with Crippen LogP contribution >= 0.6 is 0 Å². The second kappa shape index (κ2) is 6.69. The predicted molar refractivity (Wildman–Crippen MR) is 104 cm³/mol. The highest BCUT2D eigenvalue weighted by Crippen LogP contribution is 2.37. The Labute approximate surface area is 161 Å². The number of hydrogen-bond acceptors (Lipinski definition) is 6. The number of nitrogens with zero attached hydrogens (tertiary/aromatic N) is 2. The summed E-state index contributed by atoms with van der Waals surface area (Å²) in [5, 5.41) is 1.87. The number of benzene rings is 2. The quantitative estimate of drug-likeness (QED) is 0.512. The predicted octanol–water partition coefficient (Wildman–Crippen LogP) is 4.00. The van der Waals surface area contributed by atoms with E-state index in [0.717, 1.165) is 34.0 Å². The van der Waals surface area contributed by atoms with Crippen molar-refractivity contribution in [3.63, 3.8) is 0 Å². The molecule has 0 amide bonds. The van der Waals surface area contributed by atoms with Crippen molar-refractivity contribution in [2.24, 2.45) is 0 Å². The number of H-pyrrole nitrogens is 1. The van der Waals surface area contributed by atoms with E-state index >= 15 is 0 Å². The van der Waals surface area contributed by atoms with Crippen molar-refractivity contribution in [2.75, 3.05) is 20.3 Å². The Morgan fingerprint density at radius 1 is 1.14 bits per heavy atom. The Hall–Kier alpha value is -3.32. The fraction of sp³-hybridized carbons (Fsp3) is 0.238. The molecule has 28 heavy (non-hydrogen) atoms. The molecule has 2 aromatic heterocycles. The first-order chi connectivity index (χ1) is 13.7. The van der Waals surface area contributed by atoms with Crippen LogP contribution in [0.15, 0.2) is 42.9 Å². The zero-order valence-electron chi connectivity index (χ0n) is 15.6. The smallest absolute Gasteiger partial charge is 0.230 e. The molecule has 142 valence electrons. The van der Waals surface area contributed by atoms with Crippen LogP contribution in [0.25, 0.3) is 21.8 Å². The van der Waals surface area contributed by atoms with Gasteiger partial charge in [0.1, 0.15) is 24.8 Å². The molecule has 2 aromatic carbocycles. The van der Waals surface area contributed by atoms with Gasteiger partial charge in [0.2, 0.25) is 5.88 Å². The van der Waals surface area contributed by atoms with E-state index in [2.05, 4.69) is 21.9 Å². The molecular formula is C21H19N3O4. The fourth-order valence-electron chi connectivity index (χ4n) is 3.16. The molecule has 1 aliphatic heterocycles. The van der Waals surface area contributed by atoms with Crippen LogP contribution in [0.4, 0.5) is 0 Å². The van der Waals surface area contributed by atoms with E-state index in [0.29, 0.717) is 29.7 Å². The van der Waals surface area contributed by atoms with E-state index in [1.165, 1.54) is 6.33 Å². The van der Waals surface area contributed by atoms with Gasteiger partial charge in [0.15, 0.2) is 11.5 Å². The Morgan fingerprint density at radius 2 is 2.04 bits per heavy atom. The van der Waals surface area contributed by atoms with Crippen molar-refractivity contribution < 1.29 is 18.9 Å². The van der Waals surface area contributed by atoms with Crippen LogP contribution in [0, 0.1) is 6.92 Å². The molecular weight excluding hydrogens is 358 g/mol. The standard InChI is InChI=1S/C21H19N3O4/c1-12-8-22-17-4-3-13(5-15(12)17)28-21-16-6-19(25-2)20(27-10-14-9-26-14)7-18(16)23-11-24-21/h3-8,11,14,22H,9-10H2,1-2H3. The summed E-state index contributed by atoms with van der Waals surface area (Å²) in [7, 11) is 1.61. The number of methoxy groups -OCH3 is 1. The van der Waals surface area contributed by atoms with Gasteiger partial charge in [-0.05, 0) is 36.8 Å². The minimum absolute atomic E-state index is 0.163. The molecule has 0 aliphatic carbocycles. The molecule has 4 aromatic rings. The topological polar surface area (TPSA) is 81.8 Å². The summed E-state index contributed by atoms with van der Waals surface area (Å²) in [5.74, 6) is 2.40. The molecule has 7 nitrogen and oxygen atoms in total. The molecule has 1 saturated heterocycles. The van der Waals surface area contributed by atoms with Gasteiger partial charge in [-0.1, -0.05) is 0 Å². The van der Waals surface area contributed by atoms with Crippen LogP contribution in [0.2, 0.25) is 0 Å². The molecule has 1 unspecified atom stereocenters. The maximum Gasteiger partial charge on any atom is 0.230 e. The molecule has 1 atom stereocenters. The third kappa shape index (κ3) is 3.10. The number of rotatable bonds is 6. The van der Waals surface area contributed by atoms with E-state index < -0.39 is 0 Å². The molecule has 0 spiro atoms. The number of aromatic amines is 1. The summed E-state index contributed by atoms with van der Waals surface area (Å²) in [5.41, 5.74) is 2.95. The van der Waals surface area contributed by atoms with E-state index in [-0.39, 0.29) is 6.10 Å². The van der Waals surface area contributed by atoms with Crippen LogP contribution in [-0.4, -0.2) is 41.4 Å². The number of hydrogen-bond donors (Lipinski definition) is 1. The van der Waals surface area contributed by atoms with Gasteiger partial charge >= 0.3 is 0 Å². The summed E-state index contributed by atoms with van der Waals surface area (Å²) >= 11 is 0. The molecule has 3 heterocycles. The number of ether oxygens (including phenoxy) is 4. The minimum atomic E-state index is 0.163. The summed E-state index contributed by atoms with van der Waals surface area (Å²) in [6.45, 7) is 3.29. The molecule has 1 aliphatic rings.